The number of anilines is 1. The van der Waals surface area contributed by atoms with Crippen molar-refractivity contribution in [1.29, 1.82) is 0 Å². The van der Waals surface area contributed by atoms with Crippen molar-refractivity contribution in [2.45, 2.75) is 46.2 Å². The molecule has 1 saturated heterocycles. The summed E-state index contributed by atoms with van der Waals surface area (Å²) < 4.78 is 7.54. The third kappa shape index (κ3) is 4.86. The van der Waals surface area contributed by atoms with Crippen LogP contribution >= 0.6 is 0 Å². The van der Waals surface area contributed by atoms with Crippen LogP contribution < -0.4 is 15.0 Å². The van der Waals surface area contributed by atoms with Crippen LogP contribution in [-0.2, 0) is 17.8 Å². The molecule has 1 fully saturated rings. The smallest absolute Gasteiger partial charge is 0.244 e. The van der Waals surface area contributed by atoms with Gasteiger partial charge in [-0.3, -0.25) is 4.79 Å². The maximum absolute atomic E-state index is 13.1. The van der Waals surface area contributed by atoms with E-state index in [1.165, 1.54) is 11.1 Å². The number of carbonyl (C=O) groups is 1. The summed E-state index contributed by atoms with van der Waals surface area (Å²) in [6, 6.07) is 14.4. The molecule has 32 heavy (non-hydrogen) atoms. The lowest BCUT2D eigenvalue weighted by atomic mass is 10.0. The monoisotopic (exact) mass is 432 g/mol. The third-order valence-corrected chi connectivity index (χ3v) is 5.89. The Hall–Kier alpha value is -3.12. The highest BCUT2D eigenvalue weighted by atomic mass is 16.5. The maximum atomic E-state index is 13.1. The van der Waals surface area contributed by atoms with Gasteiger partial charge in [-0.1, -0.05) is 38.1 Å². The molecule has 1 aromatic heterocycles. The van der Waals surface area contributed by atoms with Crippen LogP contribution in [0.3, 0.4) is 0 Å². The van der Waals surface area contributed by atoms with Crippen LogP contribution in [0.4, 0.5) is 5.69 Å². The lowest BCUT2D eigenvalue weighted by Gasteiger charge is -2.19. The molecular weight excluding hydrogens is 400 g/mol. The first-order chi connectivity index (χ1) is 15.4. The van der Waals surface area contributed by atoms with Gasteiger partial charge in [0.25, 0.3) is 0 Å². The second-order valence-corrected chi connectivity index (χ2v) is 8.90. The predicted molar refractivity (Wildman–Crippen MR) is 127 cm³/mol. The van der Waals surface area contributed by atoms with E-state index in [9.17, 15) is 4.79 Å². The summed E-state index contributed by atoms with van der Waals surface area (Å²) in [5, 5.41) is 3.44. The quantitative estimate of drug-likeness (QED) is 0.577. The lowest BCUT2D eigenvalue weighted by molar-refractivity contribution is -0.118. The Balaban J connectivity index is 1.40. The van der Waals surface area contributed by atoms with E-state index in [1.54, 1.807) is 13.4 Å². The average molecular weight is 433 g/mol. The normalized spacial score (nSPS) is 16.2. The van der Waals surface area contributed by atoms with Crippen LogP contribution in [-0.4, -0.2) is 35.2 Å². The number of hydrogen-bond acceptors (Lipinski definition) is 4. The molecule has 6 nitrogen and oxygen atoms in total. The first-order valence-corrected chi connectivity index (χ1v) is 11.3. The van der Waals surface area contributed by atoms with Gasteiger partial charge in [-0.15, -0.1) is 0 Å². The SMILES string of the molecule is COc1cc(N2CCC(NCc3ccc(CC(C)C)cc3)C2=O)ccc1-n1cnc(C)c1. The second-order valence-electron chi connectivity index (χ2n) is 8.90. The van der Waals surface area contributed by atoms with E-state index in [0.717, 1.165) is 29.9 Å². The highest BCUT2D eigenvalue weighted by molar-refractivity contribution is 5.99. The number of rotatable bonds is 8. The Kier molecular flexibility index (Phi) is 6.61. The number of carbonyl (C=O) groups excluding carboxylic acids is 1. The number of methoxy groups -OCH3 is 1. The molecule has 0 aliphatic carbocycles. The van der Waals surface area contributed by atoms with Gasteiger partial charge in [0.2, 0.25) is 5.91 Å². The van der Waals surface area contributed by atoms with Gasteiger partial charge in [0, 0.05) is 31.0 Å². The summed E-state index contributed by atoms with van der Waals surface area (Å²) in [5.74, 6) is 1.47. The highest BCUT2D eigenvalue weighted by Crippen LogP contribution is 2.31. The van der Waals surface area contributed by atoms with Crippen molar-refractivity contribution in [3.05, 3.63) is 71.8 Å². The largest absolute Gasteiger partial charge is 0.494 e. The molecule has 4 rings (SSSR count). The molecular formula is C26H32N4O2. The van der Waals surface area contributed by atoms with Gasteiger partial charge in [0.05, 0.1) is 30.9 Å². The van der Waals surface area contributed by atoms with Crippen molar-refractivity contribution >= 4 is 11.6 Å². The van der Waals surface area contributed by atoms with Gasteiger partial charge >= 0.3 is 0 Å². The number of aryl methyl sites for hydroxylation is 1. The van der Waals surface area contributed by atoms with Crippen molar-refractivity contribution in [3.8, 4) is 11.4 Å². The molecule has 0 bridgehead atoms. The molecule has 1 aliphatic heterocycles. The summed E-state index contributed by atoms with van der Waals surface area (Å²) in [6.07, 6.45) is 5.60. The predicted octanol–water partition coefficient (Wildman–Crippen LogP) is 4.28. The van der Waals surface area contributed by atoms with E-state index in [4.69, 9.17) is 4.74 Å². The number of aromatic nitrogens is 2. The molecule has 168 valence electrons. The molecule has 2 aromatic carbocycles. The number of nitrogens with zero attached hydrogens (tertiary/aromatic N) is 3. The van der Waals surface area contributed by atoms with E-state index in [2.05, 4.69) is 48.4 Å². The molecule has 1 N–H and O–H groups in total. The van der Waals surface area contributed by atoms with Gasteiger partial charge in [-0.05, 0) is 48.9 Å². The van der Waals surface area contributed by atoms with E-state index in [1.807, 2.05) is 40.8 Å². The first-order valence-electron chi connectivity index (χ1n) is 11.3. The molecule has 1 amide bonds. The second kappa shape index (κ2) is 9.57. The van der Waals surface area contributed by atoms with E-state index in [-0.39, 0.29) is 11.9 Å². The fourth-order valence-electron chi connectivity index (χ4n) is 4.23. The minimum atomic E-state index is -0.174. The Morgan fingerprint density at radius 2 is 1.91 bits per heavy atom. The molecule has 6 heteroatoms. The van der Waals surface area contributed by atoms with E-state index in [0.29, 0.717) is 24.8 Å². The topological polar surface area (TPSA) is 59.4 Å². The molecule has 2 heterocycles. The van der Waals surface area contributed by atoms with Gasteiger partial charge in [-0.25, -0.2) is 4.98 Å². The van der Waals surface area contributed by atoms with Crippen molar-refractivity contribution < 1.29 is 9.53 Å². The number of imidazole rings is 1. The van der Waals surface area contributed by atoms with E-state index < -0.39 is 0 Å². The standard InChI is InChI=1S/C26H32N4O2/c1-18(2)13-20-5-7-21(8-6-20)15-27-23-11-12-30(26(23)31)22-9-10-24(25(14-22)32-4)29-16-19(3)28-17-29/h5-10,14,16-18,23,27H,11-13,15H2,1-4H3. The van der Waals surface area contributed by atoms with Crippen LogP contribution in [0, 0.1) is 12.8 Å². The molecule has 1 aliphatic rings. The van der Waals surface area contributed by atoms with Crippen LogP contribution in [0.2, 0.25) is 0 Å². The van der Waals surface area contributed by atoms with E-state index >= 15 is 0 Å². The Labute approximate surface area is 190 Å². The summed E-state index contributed by atoms with van der Waals surface area (Å²) in [5.41, 5.74) is 5.25. The Morgan fingerprint density at radius 3 is 2.56 bits per heavy atom. The molecule has 1 unspecified atom stereocenters. The Bertz CT molecular complexity index is 1070. The highest BCUT2D eigenvalue weighted by Gasteiger charge is 2.32. The first kappa shape index (κ1) is 22.1. The number of amides is 1. The summed E-state index contributed by atoms with van der Waals surface area (Å²) in [7, 11) is 1.65. The van der Waals surface area contributed by atoms with Crippen molar-refractivity contribution in [2.24, 2.45) is 5.92 Å². The van der Waals surface area contributed by atoms with Gasteiger partial charge in [0.15, 0.2) is 0 Å². The summed E-state index contributed by atoms with van der Waals surface area (Å²) in [6.45, 7) is 7.79. The van der Waals surface area contributed by atoms with Gasteiger partial charge in [-0.2, -0.15) is 0 Å². The fraction of sp³-hybridized carbons (Fsp3) is 0.385. The number of benzene rings is 2. The van der Waals surface area contributed by atoms with Crippen molar-refractivity contribution in [2.75, 3.05) is 18.6 Å². The molecule has 0 radical (unpaired) electrons. The minimum absolute atomic E-state index is 0.106. The van der Waals surface area contributed by atoms with Crippen molar-refractivity contribution in [1.82, 2.24) is 14.9 Å². The zero-order valence-electron chi connectivity index (χ0n) is 19.3. The zero-order chi connectivity index (χ0) is 22.7. The van der Waals surface area contributed by atoms with Crippen LogP contribution in [0.25, 0.3) is 5.69 Å². The molecule has 0 saturated carbocycles. The number of nitrogens with one attached hydrogen (secondary N) is 1. The van der Waals surface area contributed by atoms with Crippen LogP contribution in [0.5, 0.6) is 5.75 Å². The number of hydrogen-bond donors (Lipinski definition) is 1. The third-order valence-electron chi connectivity index (χ3n) is 5.89. The summed E-state index contributed by atoms with van der Waals surface area (Å²) in [4.78, 5) is 19.2. The summed E-state index contributed by atoms with van der Waals surface area (Å²) >= 11 is 0. The van der Waals surface area contributed by atoms with Crippen molar-refractivity contribution in [3.63, 3.8) is 0 Å². The Morgan fingerprint density at radius 1 is 1.16 bits per heavy atom. The van der Waals surface area contributed by atoms with Crippen LogP contribution in [0.1, 0.15) is 37.1 Å². The fourth-order valence-corrected chi connectivity index (χ4v) is 4.23. The maximum Gasteiger partial charge on any atom is 0.244 e. The molecule has 1 atom stereocenters. The van der Waals surface area contributed by atoms with Gasteiger partial charge < -0.3 is 19.5 Å². The lowest BCUT2D eigenvalue weighted by Crippen LogP contribution is -2.38. The van der Waals surface area contributed by atoms with Crippen LogP contribution in [0.15, 0.2) is 55.0 Å². The average Bonchev–Trinajstić information content (AvgIpc) is 3.38. The molecule has 0 spiro atoms. The zero-order valence-corrected chi connectivity index (χ0v) is 19.3. The molecule has 3 aromatic rings. The number of ether oxygens (including phenoxy) is 1. The minimum Gasteiger partial charge on any atom is -0.494 e. The van der Waals surface area contributed by atoms with Gasteiger partial charge in [0.1, 0.15) is 5.75 Å².